The molecule has 2 rings (SSSR count). The van der Waals surface area contributed by atoms with Gasteiger partial charge in [-0.15, -0.1) is 0 Å². The van der Waals surface area contributed by atoms with Crippen molar-refractivity contribution >= 4 is 19.8 Å². The van der Waals surface area contributed by atoms with E-state index in [2.05, 4.69) is 29.2 Å². The van der Waals surface area contributed by atoms with Crippen LogP contribution in [0.25, 0.3) is 0 Å². The summed E-state index contributed by atoms with van der Waals surface area (Å²) < 4.78 is 5.74. The summed E-state index contributed by atoms with van der Waals surface area (Å²) in [6, 6.07) is 18.4. The topological polar surface area (TPSA) is 12.5 Å². The molecule has 0 saturated carbocycles. The first kappa shape index (κ1) is 11.9. The first-order valence-corrected chi connectivity index (χ1v) is 6.42. The van der Waals surface area contributed by atoms with Gasteiger partial charge >= 0.3 is 0 Å². The molecule has 0 aromatic heterocycles. The molecule has 0 bridgehead atoms. The average molecular weight is 245 g/mol. The minimum Gasteiger partial charge on any atom is -0.472 e. The number of anilines is 1. The van der Waals surface area contributed by atoms with Gasteiger partial charge in [-0.05, 0) is 24.3 Å². The summed E-state index contributed by atoms with van der Waals surface area (Å²) in [6.07, 6.45) is 0. The Kier molecular flexibility index (Phi) is 4.00. The van der Waals surface area contributed by atoms with Crippen molar-refractivity contribution in [3.63, 3.8) is 0 Å². The Morgan fingerprint density at radius 2 is 1.53 bits per heavy atom. The van der Waals surface area contributed by atoms with Crippen LogP contribution in [0.4, 0.5) is 5.69 Å². The average Bonchev–Trinajstić information content (AvgIpc) is 2.38. The molecule has 17 heavy (non-hydrogen) atoms. The van der Waals surface area contributed by atoms with E-state index in [4.69, 9.17) is 4.52 Å². The van der Waals surface area contributed by atoms with Crippen LogP contribution < -0.4 is 14.7 Å². The van der Waals surface area contributed by atoms with Crippen LogP contribution in [0, 0.1) is 0 Å². The second-order valence-corrected chi connectivity index (χ2v) is 4.94. The van der Waals surface area contributed by atoms with E-state index in [0.717, 1.165) is 5.75 Å². The highest BCUT2D eigenvalue weighted by Crippen LogP contribution is 2.23. The molecular weight excluding hydrogens is 229 g/mol. The van der Waals surface area contributed by atoms with Gasteiger partial charge in [0, 0.05) is 25.1 Å². The van der Waals surface area contributed by atoms with Gasteiger partial charge in [-0.25, -0.2) is 0 Å². The van der Waals surface area contributed by atoms with Crippen LogP contribution in [0.3, 0.4) is 0 Å². The molecule has 0 spiro atoms. The van der Waals surface area contributed by atoms with E-state index >= 15 is 0 Å². The normalized spacial score (nSPS) is 10.7. The molecule has 1 unspecified atom stereocenters. The van der Waals surface area contributed by atoms with Crippen molar-refractivity contribution in [2.45, 2.75) is 0 Å². The number of hydrogen-bond donors (Lipinski definition) is 0. The van der Waals surface area contributed by atoms with Crippen molar-refractivity contribution < 1.29 is 4.52 Å². The van der Waals surface area contributed by atoms with Crippen molar-refractivity contribution in [1.29, 1.82) is 0 Å². The number of rotatable bonds is 4. The predicted octanol–water partition coefficient (Wildman–Crippen LogP) is 3.05. The van der Waals surface area contributed by atoms with Gasteiger partial charge in [-0.1, -0.05) is 30.3 Å². The summed E-state index contributed by atoms with van der Waals surface area (Å²) >= 11 is 0. The summed E-state index contributed by atoms with van der Waals surface area (Å²) in [6.45, 7) is 0. The van der Waals surface area contributed by atoms with Gasteiger partial charge in [0.25, 0.3) is 0 Å². The number of hydrogen-bond acceptors (Lipinski definition) is 2. The van der Waals surface area contributed by atoms with E-state index in [1.807, 2.05) is 44.4 Å². The standard InChI is InChI=1S/C14H16NOP/c1-15(2)12-8-10-13(11-9-12)16-17-14-6-4-3-5-7-14/h3-11,17H,1-2H3. The number of benzene rings is 2. The highest BCUT2D eigenvalue weighted by atomic mass is 31.1. The highest BCUT2D eigenvalue weighted by Gasteiger charge is 1.97. The molecule has 2 aromatic carbocycles. The second-order valence-electron chi connectivity index (χ2n) is 3.96. The molecule has 3 heteroatoms. The van der Waals surface area contributed by atoms with E-state index in [9.17, 15) is 0 Å². The van der Waals surface area contributed by atoms with Crippen LogP contribution in [0.1, 0.15) is 0 Å². The lowest BCUT2D eigenvalue weighted by atomic mass is 10.3. The molecule has 0 heterocycles. The minimum atomic E-state index is 0.360. The van der Waals surface area contributed by atoms with E-state index < -0.39 is 0 Å². The Bertz CT molecular complexity index is 453. The fourth-order valence-electron chi connectivity index (χ4n) is 1.44. The lowest BCUT2D eigenvalue weighted by Crippen LogP contribution is -2.07. The molecule has 0 aliphatic rings. The molecule has 88 valence electrons. The molecule has 2 nitrogen and oxygen atoms in total. The van der Waals surface area contributed by atoms with E-state index in [0.29, 0.717) is 8.81 Å². The maximum Gasteiger partial charge on any atom is 0.123 e. The lowest BCUT2D eigenvalue weighted by Gasteiger charge is -2.13. The fraction of sp³-hybridized carbons (Fsp3) is 0.143. The molecule has 0 fully saturated rings. The molecule has 2 aromatic rings. The molecule has 0 saturated heterocycles. The van der Waals surface area contributed by atoms with Gasteiger partial charge in [-0.2, -0.15) is 0 Å². The third kappa shape index (κ3) is 3.47. The smallest absolute Gasteiger partial charge is 0.123 e. The predicted molar refractivity (Wildman–Crippen MR) is 75.8 cm³/mol. The molecule has 0 amide bonds. The van der Waals surface area contributed by atoms with Gasteiger partial charge in [0.05, 0.1) is 0 Å². The molecule has 1 atom stereocenters. The monoisotopic (exact) mass is 245 g/mol. The van der Waals surface area contributed by atoms with Crippen LogP contribution >= 0.6 is 8.81 Å². The van der Waals surface area contributed by atoms with Gasteiger partial charge in [0.2, 0.25) is 0 Å². The van der Waals surface area contributed by atoms with Crippen LogP contribution in [-0.2, 0) is 0 Å². The zero-order valence-corrected chi connectivity index (χ0v) is 11.1. The largest absolute Gasteiger partial charge is 0.472 e. The first-order valence-electron chi connectivity index (χ1n) is 5.51. The summed E-state index contributed by atoms with van der Waals surface area (Å²) in [5.41, 5.74) is 1.18. The Hall–Kier alpha value is -1.53. The SMILES string of the molecule is CN(C)c1ccc(OPc2ccccc2)cc1. The Balaban J connectivity index is 1.96. The number of nitrogens with zero attached hydrogens (tertiary/aromatic N) is 1. The molecule has 0 radical (unpaired) electrons. The van der Waals surface area contributed by atoms with Gasteiger partial charge in [0.15, 0.2) is 0 Å². The van der Waals surface area contributed by atoms with E-state index in [-0.39, 0.29) is 0 Å². The molecule has 0 aliphatic carbocycles. The summed E-state index contributed by atoms with van der Waals surface area (Å²) in [5.74, 6) is 0.915. The lowest BCUT2D eigenvalue weighted by molar-refractivity contribution is 0.638. The van der Waals surface area contributed by atoms with Gasteiger partial charge < -0.3 is 9.42 Å². The third-order valence-electron chi connectivity index (χ3n) is 2.41. The summed E-state index contributed by atoms with van der Waals surface area (Å²) in [4.78, 5) is 2.07. The van der Waals surface area contributed by atoms with Crippen molar-refractivity contribution in [2.24, 2.45) is 0 Å². The van der Waals surface area contributed by atoms with Crippen molar-refractivity contribution in [1.82, 2.24) is 0 Å². The highest BCUT2D eigenvalue weighted by molar-refractivity contribution is 7.42. The maximum atomic E-state index is 5.74. The zero-order valence-electron chi connectivity index (χ0n) is 10.1. The van der Waals surface area contributed by atoms with Gasteiger partial charge in [0.1, 0.15) is 14.6 Å². The van der Waals surface area contributed by atoms with Crippen LogP contribution in [0.2, 0.25) is 0 Å². The first-order chi connectivity index (χ1) is 8.25. The van der Waals surface area contributed by atoms with Crippen molar-refractivity contribution in [2.75, 3.05) is 19.0 Å². The quantitative estimate of drug-likeness (QED) is 0.768. The van der Waals surface area contributed by atoms with Crippen molar-refractivity contribution in [3.8, 4) is 5.75 Å². The third-order valence-corrected chi connectivity index (χ3v) is 3.32. The van der Waals surface area contributed by atoms with Crippen molar-refractivity contribution in [3.05, 3.63) is 54.6 Å². The molecule has 0 N–H and O–H groups in total. The van der Waals surface area contributed by atoms with E-state index in [1.54, 1.807) is 0 Å². The summed E-state index contributed by atoms with van der Waals surface area (Å²) in [7, 11) is 4.42. The Labute approximate surface area is 104 Å². The van der Waals surface area contributed by atoms with Crippen LogP contribution in [0.15, 0.2) is 54.6 Å². The second kappa shape index (κ2) is 5.70. The molecule has 0 aliphatic heterocycles. The molecular formula is C14H16NOP. The fourth-order valence-corrected chi connectivity index (χ4v) is 2.14. The summed E-state index contributed by atoms with van der Waals surface area (Å²) in [5, 5.41) is 1.21. The maximum absolute atomic E-state index is 5.74. The Morgan fingerprint density at radius 1 is 0.882 bits per heavy atom. The zero-order chi connectivity index (χ0) is 12.1. The van der Waals surface area contributed by atoms with E-state index in [1.165, 1.54) is 11.0 Å². The van der Waals surface area contributed by atoms with Crippen LogP contribution in [0.5, 0.6) is 5.75 Å². The Morgan fingerprint density at radius 3 is 2.12 bits per heavy atom. The van der Waals surface area contributed by atoms with Crippen LogP contribution in [-0.4, -0.2) is 14.1 Å². The minimum absolute atomic E-state index is 0.360. The van der Waals surface area contributed by atoms with Gasteiger partial charge in [-0.3, -0.25) is 0 Å².